The van der Waals surface area contributed by atoms with E-state index in [4.69, 9.17) is 14.2 Å². The van der Waals surface area contributed by atoms with Gasteiger partial charge in [0.15, 0.2) is 6.10 Å². The van der Waals surface area contributed by atoms with Crippen molar-refractivity contribution < 1.29 is 28.6 Å². The number of unbranched alkanes of at least 4 members (excludes halogenated alkanes) is 29. The molecule has 6 heteroatoms. The van der Waals surface area contributed by atoms with Gasteiger partial charge in [-0.25, -0.2) is 0 Å². The zero-order chi connectivity index (χ0) is 55.7. The van der Waals surface area contributed by atoms with E-state index in [1.165, 1.54) is 141 Å². The molecule has 0 rings (SSSR count). The Morgan fingerprint density at radius 2 is 0.506 bits per heavy atom. The summed E-state index contributed by atoms with van der Waals surface area (Å²) in [5.74, 6) is -0.891. The molecule has 0 aromatic carbocycles. The molecule has 0 aliphatic rings. The molecule has 77 heavy (non-hydrogen) atoms. The van der Waals surface area contributed by atoms with E-state index in [2.05, 4.69) is 130 Å². The number of carbonyl (C=O) groups is 3. The third-order valence-corrected chi connectivity index (χ3v) is 13.8. The number of ether oxygens (including phenoxy) is 3. The van der Waals surface area contributed by atoms with Crippen molar-refractivity contribution in [2.45, 2.75) is 309 Å². The number of hydrogen-bond acceptors (Lipinski definition) is 6. The molecule has 0 amide bonds. The smallest absolute Gasteiger partial charge is 0.306 e. The highest BCUT2D eigenvalue weighted by Gasteiger charge is 2.19. The average Bonchev–Trinajstić information content (AvgIpc) is 3.43. The van der Waals surface area contributed by atoms with Crippen molar-refractivity contribution in [2.24, 2.45) is 0 Å². The van der Waals surface area contributed by atoms with Crippen molar-refractivity contribution >= 4 is 17.9 Å². The summed E-state index contributed by atoms with van der Waals surface area (Å²) in [4.78, 5) is 38.1. The Hall–Kier alpha value is -3.93. The summed E-state index contributed by atoms with van der Waals surface area (Å²) < 4.78 is 16.8. The monoisotopic (exact) mass is 1070 g/mol. The Morgan fingerprint density at radius 3 is 0.805 bits per heavy atom. The van der Waals surface area contributed by atoms with E-state index in [1.807, 2.05) is 0 Å². The molecule has 0 aromatic heterocycles. The summed E-state index contributed by atoms with van der Waals surface area (Å²) in [5, 5.41) is 0. The first-order chi connectivity index (χ1) is 38.0. The van der Waals surface area contributed by atoms with Crippen LogP contribution in [0.2, 0.25) is 0 Å². The molecule has 0 N–H and O–H groups in total. The van der Waals surface area contributed by atoms with Crippen LogP contribution < -0.4 is 0 Å². The van der Waals surface area contributed by atoms with Crippen molar-refractivity contribution in [1.29, 1.82) is 0 Å². The minimum Gasteiger partial charge on any atom is -0.462 e. The molecule has 1 unspecified atom stereocenters. The third-order valence-electron chi connectivity index (χ3n) is 13.8. The van der Waals surface area contributed by atoms with Gasteiger partial charge in [-0.3, -0.25) is 14.4 Å². The predicted octanol–water partition coefficient (Wildman–Crippen LogP) is 22.2. The first-order valence-corrected chi connectivity index (χ1v) is 32.4. The Morgan fingerprint density at radius 1 is 0.273 bits per heavy atom. The minimum absolute atomic E-state index is 0.0798. The van der Waals surface area contributed by atoms with Crippen LogP contribution in [-0.2, 0) is 28.6 Å². The Labute approximate surface area is 476 Å². The van der Waals surface area contributed by atoms with Crippen molar-refractivity contribution in [3.63, 3.8) is 0 Å². The highest BCUT2D eigenvalue weighted by atomic mass is 16.6. The van der Waals surface area contributed by atoms with Crippen molar-refractivity contribution in [2.75, 3.05) is 13.2 Å². The van der Waals surface area contributed by atoms with Crippen LogP contribution in [0, 0.1) is 0 Å². The van der Waals surface area contributed by atoms with Gasteiger partial charge in [0.1, 0.15) is 13.2 Å². The van der Waals surface area contributed by atoms with Gasteiger partial charge in [-0.15, -0.1) is 0 Å². The summed E-state index contributed by atoms with van der Waals surface area (Å²) in [6.07, 6.45) is 88.3. The number of esters is 3. The van der Waals surface area contributed by atoms with E-state index in [0.29, 0.717) is 19.3 Å². The molecular formula is C71H120O6. The molecule has 1 atom stereocenters. The second-order valence-electron chi connectivity index (χ2n) is 21.3. The van der Waals surface area contributed by atoms with E-state index in [-0.39, 0.29) is 31.1 Å². The highest BCUT2D eigenvalue weighted by Crippen LogP contribution is 2.16. The topological polar surface area (TPSA) is 78.9 Å². The fraction of sp³-hybridized carbons (Fsp3) is 0.704. The van der Waals surface area contributed by atoms with Crippen molar-refractivity contribution in [1.82, 2.24) is 0 Å². The second kappa shape index (κ2) is 64.6. The Balaban J connectivity index is 4.12. The summed E-state index contributed by atoms with van der Waals surface area (Å²) in [6.45, 7) is 6.50. The summed E-state index contributed by atoms with van der Waals surface area (Å²) in [5.41, 5.74) is 0. The SMILES string of the molecule is CC/C=C\C/C=C\C/C=C\C/C=C\C/C=C\C/C=C\C/C=C\C/C=C\CCCCCCCCCCCCC(=O)OCC(COC(=O)CCCCCCCCCC)OC(=O)CCCCCCC/C=C\CCCCCCCCC. The van der Waals surface area contributed by atoms with Crippen LogP contribution >= 0.6 is 0 Å². The number of allylic oxidation sites excluding steroid dienone is 18. The van der Waals surface area contributed by atoms with Crippen LogP contribution in [0.3, 0.4) is 0 Å². The molecule has 0 fully saturated rings. The van der Waals surface area contributed by atoms with Crippen LogP contribution in [-0.4, -0.2) is 37.2 Å². The van der Waals surface area contributed by atoms with Gasteiger partial charge in [0.25, 0.3) is 0 Å². The molecule has 440 valence electrons. The van der Waals surface area contributed by atoms with Gasteiger partial charge < -0.3 is 14.2 Å². The molecule has 0 aliphatic heterocycles. The molecule has 0 radical (unpaired) electrons. The molecule has 0 heterocycles. The lowest BCUT2D eigenvalue weighted by Crippen LogP contribution is -2.30. The molecule has 0 aliphatic carbocycles. The average molecular weight is 1070 g/mol. The number of carbonyl (C=O) groups excluding carboxylic acids is 3. The lowest BCUT2D eigenvalue weighted by atomic mass is 10.1. The van der Waals surface area contributed by atoms with Crippen molar-refractivity contribution in [3.05, 3.63) is 109 Å². The van der Waals surface area contributed by atoms with Gasteiger partial charge in [-0.2, -0.15) is 0 Å². The first kappa shape index (κ1) is 73.1. The van der Waals surface area contributed by atoms with E-state index >= 15 is 0 Å². The maximum absolute atomic E-state index is 12.8. The van der Waals surface area contributed by atoms with Crippen LogP contribution in [0.5, 0.6) is 0 Å². The molecular weight excluding hydrogens is 949 g/mol. The first-order valence-electron chi connectivity index (χ1n) is 32.4. The van der Waals surface area contributed by atoms with Crippen LogP contribution in [0.25, 0.3) is 0 Å². The van der Waals surface area contributed by atoms with E-state index < -0.39 is 6.10 Å². The van der Waals surface area contributed by atoms with Gasteiger partial charge in [0, 0.05) is 19.3 Å². The van der Waals surface area contributed by atoms with Gasteiger partial charge >= 0.3 is 17.9 Å². The van der Waals surface area contributed by atoms with Crippen LogP contribution in [0.1, 0.15) is 303 Å². The van der Waals surface area contributed by atoms with Gasteiger partial charge in [0.05, 0.1) is 0 Å². The fourth-order valence-electron chi connectivity index (χ4n) is 8.92. The fourth-order valence-corrected chi connectivity index (χ4v) is 8.92. The maximum Gasteiger partial charge on any atom is 0.306 e. The zero-order valence-electron chi connectivity index (χ0n) is 50.4. The summed E-state index contributed by atoms with van der Waals surface area (Å²) >= 11 is 0. The molecule has 0 spiro atoms. The summed E-state index contributed by atoms with van der Waals surface area (Å²) in [7, 11) is 0. The van der Waals surface area contributed by atoms with E-state index in [0.717, 1.165) is 122 Å². The quantitative estimate of drug-likeness (QED) is 0.0261. The second-order valence-corrected chi connectivity index (χ2v) is 21.3. The van der Waals surface area contributed by atoms with E-state index in [1.54, 1.807) is 0 Å². The molecule has 0 bridgehead atoms. The zero-order valence-corrected chi connectivity index (χ0v) is 50.4. The van der Waals surface area contributed by atoms with E-state index in [9.17, 15) is 14.4 Å². The number of hydrogen-bond donors (Lipinski definition) is 0. The Bertz CT molecular complexity index is 1560. The lowest BCUT2D eigenvalue weighted by Gasteiger charge is -2.18. The Kier molecular flexibility index (Phi) is 61.3. The third kappa shape index (κ3) is 62.8. The van der Waals surface area contributed by atoms with Gasteiger partial charge in [-0.1, -0.05) is 284 Å². The van der Waals surface area contributed by atoms with Crippen LogP contribution in [0.15, 0.2) is 109 Å². The minimum atomic E-state index is -0.781. The largest absolute Gasteiger partial charge is 0.462 e. The van der Waals surface area contributed by atoms with Crippen molar-refractivity contribution in [3.8, 4) is 0 Å². The standard InChI is InChI=1S/C71H120O6/c1-4-7-10-13-16-19-21-23-25-27-28-29-30-31-32-33-34-35-36-37-38-39-40-41-42-43-44-45-47-48-50-52-55-58-61-64-70(73)76-67-68(66-75-69(72)63-60-57-54-18-15-12-9-6-3)77-71(74)65-62-59-56-53-51-49-46-26-24-22-20-17-14-11-8-5-2/h7,10,16,19,23,25-26,28-29,31-32,34-35,37-38,40-41,46,68H,4-6,8-9,11-15,17-18,20-22,24,27,30,33,36,39,42-45,47-67H2,1-3H3/b10-7-,19-16-,25-23-,29-28-,32-31-,35-34-,38-37-,41-40-,46-26-. The lowest BCUT2D eigenvalue weighted by molar-refractivity contribution is -0.167. The van der Waals surface area contributed by atoms with Gasteiger partial charge in [-0.05, 0) is 109 Å². The van der Waals surface area contributed by atoms with Crippen LogP contribution in [0.4, 0.5) is 0 Å². The molecule has 0 aromatic rings. The predicted molar refractivity (Wildman–Crippen MR) is 334 cm³/mol. The normalized spacial score (nSPS) is 12.8. The maximum atomic E-state index is 12.8. The molecule has 0 saturated carbocycles. The number of rotatable bonds is 58. The molecule has 0 saturated heterocycles. The van der Waals surface area contributed by atoms with Gasteiger partial charge in [0.2, 0.25) is 0 Å². The summed E-state index contributed by atoms with van der Waals surface area (Å²) in [6, 6.07) is 0. The molecule has 6 nitrogen and oxygen atoms in total. The highest BCUT2D eigenvalue weighted by molar-refractivity contribution is 5.71.